The minimum atomic E-state index is 0.132. The van der Waals surface area contributed by atoms with Gasteiger partial charge < -0.3 is 15.2 Å². The topological polar surface area (TPSA) is 41.5 Å². The molecule has 0 aromatic carbocycles. The molecule has 2 rings (SSSR count). The molecule has 0 aromatic rings. The molecule has 2 aliphatic carbocycles. The molecule has 0 spiro atoms. The summed E-state index contributed by atoms with van der Waals surface area (Å²) in [5.74, 6) is 2.07. The highest BCUT2D eigenvalue weighted by Gasteiger charge is 2.34. The van der Waals surface area contributed by atoms with Gasteiger partial charge in [0.25, 0.3) is 0 Å². The fraction of sp³-hybridized carbons (Fsp3) is 1.00. The molecule has 2 saturated carbocycles. The Balaban J connectivity index is 1.54. The number of aliphatic hydroxyl groups is 1. The zero-order valence-electron chi connectivity index (χ0n) is 10.2. The minimum absolute atomic E-state index is 0.132. The number of rotatable bonds is 7. The van der Waals surface area contributed by atoms with Gasteiger partial charge in [0, 0.05) is 12.6 Å². The lowest BCUT2D eigenvalue weighted by Gasteiger charge is -2.30. The van der Waals surface area contributed by atoms with E-state index in [-0.39, 0.29) is 6.61 Å². The van der Waals surface area contributed by atoms with Gasteiger partial charge in [0.05, 0.1) is 19.8 Å². The van der Waals surface area contributed by atoms with Crippen molar-refractivity contribution in [2.45, 2.75) is 44.6 Å². The fourth-order valence-corrected chi connectivity index (χ4v) is 2.91. The first kappa shape index (κ1) is 12.3. The molecular formula is C13H25NO2. The van der Waals surface area contributed by atoms with Gasteiger partial charge in [-0.1, -0.05) is 12.8 Å². The maximum atomic E-state index is 8.57. The molecular weight excluding hydrogens is 202 g/mol. The molecule has 2 N–H and O–H groups in total. The highest BCUT2D eigenvalue weighted by Crippen LogP contribution is 2.43. The SMILES string of the molecule is OCCOCCNC1CCCC(C2CC2)C1. The van der Waals surface area contributed by atoms with Crippen LogP contribution in [0, 0.1) is 11.8 Å². The van der Waals surface area contributed by atoms with Gasteiger partial charge in [0.2, 0.25) is 0 Å². The third-order valence-electron chi connectivity index (χ3n) is 3.92. The molecule has 0 radical (unpaired) electrons. The van der Waals surface area contributed by atoms with E-state index in [4.69, 9.17) is 9.84 Å². The van der Waals surface area contributed by atoms with Gasteiger partial charge in [-0.25, -0.2) is 0 Å². The van der Waals surface area contributed by atoms with Crippen LogP contribution in [0.15, 0.2) is 0 Å². The minimum Gasteiger partial charge on any atom is -0.394 e. The molecule has 0 heterocycles. The normalized spacial score (nSPS) is 30.6. The lowest BCUT2D eigenvalue weighted by molar-refractivity contribution is 0.0908. The summed E-state index contributed by atoms with van der Waals surface area (Å²) >= 11 is 0. The first-order chi connectivity index (χ1) is 7.90. The van der Waals surface area contributed by atoms with Gasteiger partial charge in [0.15, 0.2) is 0 Å². The van der Waals surface area contributed by atoms with E-state index in [1.165, 1.54) is 38.5 Å². The number of nitrogens with one attached hydrogen (secondary N) is 1. The van der Waals surface area contributed by atoms with E-state index in [1.54, 1.807) is 0 Å². The number of hydrogen-bond donors (Lipinski definition) is 2. The monoisotopic (exact) mass is 227 g/mol. The third kappa shape index (κ3) is 4.04. The van der Waals surface area contributed by atoms with Crippen LogP contribution in [-0.4, -0.2) is 37.5 Å². The van der Waals surface area contributed by atoms with Crippen LogP contribution >= 0.6 is 0 Å². The second-order valence-electron chi connectivity index (χ2n) is 5.25. The van der Waals surface area contributed by atoms with Crippen molar-refractivity contribution < 1.29 is 9.84 Å². The van der Waals surface area contributed by atoms with Crippen molar-refractivity contribution in [2.75, 3.05) is 26.4 Å². The molecule has 2 fully saturated rings. The Labute approximate surface area is 98.6 Å². The maximum absolute atomic E-state index is 8.57. The van der Waals surface area contributed by atoms with E-state index in [0.29, 0.717) is 6.61 Å². The van der Waals surface area contributed by atoms with E-state index in [0.717, 1.165) is 31.0 Å². The molecule has 94 valence electrons. The average molecular weight is 227 g/mol. The van der Waals surface area contributed by atoms with Crippen molar-refractivity contribution in [1.82, 2.24) is 5.32 Å². The van der Waals surface area contributed by atoms with Crippen LogP contribution in [0.25, 0.3) is 0 Å². The van der Waals surface area contributed by atoms with Gasteiger partial charge in [-0.15, -0.1) is 0 Å². The number of ether oxygens (including phenoxy) is 1. The summed E-state index contributed by atoms with van der Waals surface area (Å²) in [5, 5.41) is 12.2. The van der Waals surface area contributed by atoms with Crippen molar-refractivity contribution in [3.05, 3.63) is 0 Å². The summed E-state index contributed by atoms with van der Waals surface area (Å²) in [6.07, 6.45) is 8.54. The van der Waals surface area contributed by atoms with Crippen LogP contribution in [0.2, 0.25) is 0 Å². The molecule has 0 aromatic heterocycles. The molecule has 0 amide bonds. The Bertz CT molecular complexity index is 194. The Morgan fingerprint density at radius 2 is 1.94 bits per heavy atom. The molecule has 2 unspecified atom stereocenters. The Morgan fingerprint density at radius 1 is 1.06 bits per heavy atom. The quantitative estimate of drug-likeness (QED) is 0.648. The van der Waals surface area contributed by atoms with Crippen LogP contribution in [0.1, 0.15) is 38.5 Å². The van der Waals surface area contributed by atoms with E-state index in [9.17, 15) is 0 Å². The summed E-state index contributed by atoms with van der Waals surface area (Å²) in [4.78, 5) is 0. The molecule has 3 heteroatoms. The molecule has 0 aliphatic heterocycles. The Morgan fingerprint density at radius 3 is 2.69 bits per heavy atom. The highest BCUT2D eigenvalue weighted by molar-refractivity contribution is 4.87. The Kier molecular flexibility index (Phi) is 5.07. The second-order valence-corrected chi connectivity index (χ2v) is 5.25. The second kappa shape index (κ2) is 6.58. The fourth-order valence-electron chi connectivity index (χ4n) is 2.91. The van der Waals surface area contributed by atoms with Gasteiger partial charge in [-0.2, -0.15) is 0 Å². The lowest BCUT2D eigenvalue weighted by Crippen LogP contribution is -2.36. The van der Waals surface area contributed by atoms with Gasteiger partial charge >= 0.3 is 0 Å². The van der Waals surface area contributed by atoms with Gasteiger partial charge in [0.1, 0.15) is 0 Å². The Hall–Kier alpha value is -0.120. The first-order valence-corrected chi connectivity index (χ1v) is 6.82. The predicted octanol–water partition coefficient (Wildman–Crippen LogP) is 1.55. The summed E-state index contributed by atoms with van der Waals surface area (Å²) in [6.45, 7) is 2.26. The largest absolute Gasteiger partial charge is 0.394 e. The first-order valence-electron chi connectivity index (χ1n) is 6.82. The molecule has 16 heavy (non-hydrogen) atoms. The lowest BCUT2D eigenvalue weighted by atomic mass is 9.83. The molecule has 3 nitrogen and oxygen atoms in total. The van der Waals surface area contributed by atoms with Crippen LogP contribution in [-0.2, 0) is 4.74 Å². The van der Waals surface area contributed by atoms with Gasteiger partial charge in [-0.3, -0.25) is 0 Å². The van der Waals surface area contributed by atoms with E-state index >= 15 is 0 Å². The smallest absolute Gasteiger partial charge is 0.0698 e. The molecule has 0 bridgehead atoms. The molecule has 2 aliphatic rings. The summed E-state index contributed by atoms with van der Waals surface area (Å²) in [6, 6.07) is 0.720. The highest BCUT2D eigenvalue weighted by atomic mass is 16.5. The van der Waals surface area contributed by atoms with E-state index < -0.39 is 0 Å². The van der Waals surface area contributed by atoms with Crippen molar-refractivity contribution in [3.63, 3.8) is 0 Å². The maximum Gasteiger partial charge on any atom is 0.0698 e. The zero-order valence-corrected chi connectivity index (χ0v) is 10.2. The van der Waals surface area contributed by atoms with Crippen molar-refractivity contribution in [1.29, 1.82) is 0 Å². The van der Waals surface area contributed by atoms with Crippen molar-refractivity contribution >= 4 is 0 Å². The zero-order chi connectivity index (χ0) is 11.2. The third-order valence-corrected chi connectivity index (χ3v) is 3.92. The van der Waals surface area contributed by atoms with Crippen LogP contribution in [0.5, 0.6) is 0 Å². The molecule has 2 atom stereocenters. The number of aliphatic hydroxyl groups excluding tert-OH is 1. The molecule has 0 saturated heterocycles. The van der Waals surface area contributed by atoms with E-state index in [2.05, 4.69) is 5.32 Å². The number of hydrogen-bond acceptors (Lipinski definition) is 3. The van der Waals surface area contributed by atoms with Crippen molar-refractivity contribution in [3.8, 4) is 0 Å². The van der Waals surface area contributed by atoms with Crippen LogP contribution in [0.3, 0.4) is 0 Å². The summed E-state index contributed by atoms with van der Waals surface area (Å²) < 4.78 is 5.25. The summed E-state index contributed by atoms with van der Waals surface area (Å²) in [7, 11) is 0. The van der Waals surface area contributed by atoms with Crippen LogP contribution in [0.4, 0.5) is 0 Å². The van der Waals surface area contributed by atoms with Gasteiger partial charge in [-0.05, 0) is 37.5 Å². The van der Waals surface area contributed by atoms with Crippen molar-refractivity contribution in [2.24, 2.45) is 11.8 Å². The standard InChI is InChI=1S/C13H25NO2/c15-7-9-16-8-6-14-13-3-1-2-12(10-13)11-4-5-11/h11-15H,1-10H2. The van der Waals surface area contributed by atoms with E-state index in [1.807, 2.05) is 0 Å². The summed E-state index contributed by atoms with van der Waals surface area (Å²) in [5.41, 5.74) is 0. The average Bonchev–Trinajstić information content (AvgIpc) is 3.13. The van der Waals surface area contributed by atoms with Crippen LogP contribution < -0.4 is 5.32 Å². The predicted molar refractivity (Wildman–Crippen MR) is 64.4 cm³/mol.